The summed E-state index contributed by atoms with van der Waals surface area (Å²) in [7, 11) is 0. The summed E-state index contributed by atoms with van der Waals surface area (Å²) in [4.78, 5) is 4.23. The third-order valence-electron chi connectivity index (χ3n) is 4.40. The van der Waals surface area contributed by atoms with Crippen molar-refractivity contribution < 1.29 is 0 Å². The molecule has 1 nitrogen and oxygen atoms in total. The van der Waals surface area contributed by atoms with Gasteiger partial charge in [0.25, 0.3) is 0 Å². The molecule has 0 spiro atoms. The molecule has 0 amide bonds. The van der Waals surface area contributed by atoms with Crippen LogP contribution in [0.2, 0.25) is 0 Å². The molecule has 3 fully saturated rings. The summed E-state index contributed by atoms with van der Waals surface area (Å²) < 4.78 is 0. The minimum Gasteiger partial charge on any atom is -0.297 e. The normalized spacial score (nSPS) is 64.5. The molecule has 60 valence electrons. The van der Waals surface area contributed by atoms with Gasteiger partial charge in [0, 0.05) is 0 Å². The highest BCUT2D eigenvalue weighted by atomic mass is 14.9. The SMILES string of the molecule is C=NC1CC2CC1C1C(C)C21. The van der Waals surface area contributed by atoms with Gasteiger partial charge in [-0.3, -0.25) is 4.99 Å². The molecule has 0 aromatic rings. The summed E-state index contributed by atoms with van der Waals surface area (Å²) in [5.41, 5.74) is 0. The predicted molar refractivity (Wildman–Crippen MR) is 45.7 cm³/mol. The Morgan fingerprint density at radius 2 is 2.09 bits per heavy atom. The van der Waals surface area contributed by atoms with Gasteiger partial charge >= 0.3 is 0 Å². The lowest BCUT2D eigenvalue weighted by Crippen LogP contribution is -2.15. The van der Waals surface area contributed by atoms with Gasteiger partial charge in [-0.1, -0.05) is 6.92 Å². The van der Waals surface area contributed by atoms with E-state index in [1.165, 1.54) is 12.8 Å². The molecule has 2 bridgehead atoms. The molecule has 0 heterocycles. The van der Waals surface area contributed by atoms with Crippen LogP contribution >= 0.6 is 0 Å². The predicted octanol–water partition coefficient (Wildman–Crippen LogP) is 1.98. The largest absolute Gasteiger partial charge is 0.297 e. The minimum absolute atomic E-state index is 0.645. The lowest BCUT2D eigenvalue weighted by molar-refractivity contribution is 0.400. The van der Waals surface area contributed by atoms with Gasteiger partial charge in [0.15, 0.2) is 0 Å². The van der Waals surface area contributed by atoms with E-state index in [-0.39, 0.29) is 0 Å². The summed E-state index contributed by atoms with van der Waals surface area (Å²) in [5.74, 6) is 5.18. The van der Waals surface area contributed by atoms with Crippen LogP contribution in [0.4, 0.5) is 0 Å². The van der Waals surface area contributed by atoms with Crippen molar-refractivity contribution >= 4 is 6.72 Å². The van der Waals surface area contributed by atoms with Gasteiger partial charge in [0.2, 0.25) is 0 Å². The van der Waals surface area contributed by atoms with E-state index in [1.807, 2.05) is 0 Å². The Morgan fingerprint density at radius 3 is 2.73 bits per heavy atom. The Balaban J connectivity index is 1.89. The topological polar surface area (TPSA) is 12.4 Å². The van der Waals surface area contributed by atoms with Crippen molar-refractivity contribution in [2.75, 3.05) is 0 Å². The van der Waals surface area contributed by atoms with E-state index in [0.717, 1.165) is 29.6 Å². The van der Waals surface area contributed by atoms with Crippen molar-refractivity contribution in [2.45, 2.75) is 25.8 Å². The summed E-state index contributed by atoms with van der Waals surface area (Å²) >= 11 is 0. The summed E-state index contributed by atoms with van der Waals surface area (Å²) in [6, 6.07) is 0.645. The van der Waals surface area contributed by atoms with E-state index in [9.17, 15) is 0 Å². The Labute approximate surface area is 67.9 Å². The standard InChI is InChI=1S/C10H15N/c1-5-9-6-3-7(10(5)9)8(4-6)11-2/h5-10H,2-4H2,1H3. The average molecular weight is 149 g/mol. The first-order chi connectivity index (χ1) is 5.33. The van der Waals surface area contributed by atoms with Crippen LogP contribution in [0.25, 0.3) is 0 Å². The van der Waals surface area contributed by atoms with Crippen LogP contribution < -0.4 is 0 Å². The monoisotopic (exact) mass is 149 g/mol. The highest BCUT2D eigenvalue weighted by Crippen LogP contribution is 2.69. The second-order valence-corrected chi connectivity index (χ2v) is 4.66. The van der Waals surface area contributed by atoms with Crippen LogP contribution in [0.15, 0.2) is 4.99 Å². The minimum atomic E-state index is 0.645. The zero-order valence-corrected chi connectivity index (χ0v) is 7.03. The summed E-state index contributed by atoms with van der Waals surface area (Å²) in [6.45, 7) is 6.11. The molecule has 3 saturated carbocycles. The molecule has 6 unspecified atom stereocenters. The molecule has 0 aliphatic heterocycles. The molecule has 0 N–H and O–H groups in total. The van der Waals surface area contributed by atoms with Crippen molar-refractivity contribution in [3.63, 3.8) is 0 Å². The van der Waals surface area contributed by atoms with Crippen LogP contribution in [0.1, 0.15) is 19.8 Å². The average Bonchev–Trinajstić information content (AvgIpc) is 2.50. The van der Waals surface area contributed by atoms with Gasteiger partial charge < -0.3 is 0 Å². The molecule has 3 aliphatic rings. The van der Waals surface area contributed by atoms with Crippen LogP contribution in [-0.4, -0.2) is 12.8 Å². The first kappa shape index (κ1) is 6.22. The molecule has 3 rings (SSSR count). The number of aliphatic imine (C=N–C) groups is 1. The molecule has 0 aromatic heterocycles. The maximum absolute atomic E-state index is 4.23. The van der Waals surface area contributed by atoms with E-state index < -0.39 is 0 Å². The van der Waals surface area contributed by atoms with Crippen molar-refractivity contribution in [3.8, 4) is 0 Å². The fourth-order valence-electron chi connectivity index (χ4n) is 3.97. The van der Waals surface area contributed by atoms with E-state index >= 15 is 0 Å². The maximum Gasteiger partial charge on any atom is 0.0526 e. The highest BCUT2D eigenvalue weighted by molar-refractivity contribution is 5.27. The number of hydrogen-bond donors (Lipinski definition) is 0. The molecule has 0 radical (unpaired) electrons. The molecular formula is C10H15N. The second kappa shape index (κ2) is 1.70. The highest BCUT2D eigenvalue weighted by Gasteiger charge is 2.65. The van der Waals surface area contributed by atoms with Crippen LogP contribution in [0.3, 0.4) is 0 Å². The van der Waals surface area contributed by atoms with E-state index in [2.05, 4.69) is 18.6 Å². The van der Waals surface area contributed by atoms with Gasteiger partial charge in [0.1, 0.15) is 0 Å². The quantitative estimate of drug-likeness (QED) is 0.505. The Bertz CT molecular complexity index is 209. The molecule has 1 heteroatoms. The number of hydrogen-bond acceptors (Lipinski definition) is 1. The number of fused-ring (bicyclic) bond motifs is 5. The molecule has 0 aromatic carbocycles. The third-order valence-corrected chi connectivity index (χ3v) is 4.40. The van der Waals surface area contributed by atoms with Crippen molar-refractivity contribution in [3.05, 3.63) is 0 Å². The molecule has 0 saturated heterocycles. The Morgan fingerprint density at radius 1 is 1.27 bits per heavy atom. The van der Waals surface area contributed by atoms with Crippen LogP contribution in [0, 0.1) is 29.6 Å². The second-order valence-electron chi connectivity index (χ2n) is 4.66. The first-order valence-electron chi connectivity index (χ1n) is 4.78. The summed E-state index contributed by atoms with van der Waals surface area (Å²) in [6.07, 6.45) is 2.84. The van der Waals surface area contributed by atoms with Crippen molar-refractivity contribution in [2.24, 2.45) is 34.6 Å². The van der Waals surface area contributed by atoms with Crippen molar-refractivity contribution in [1.82, 2.24) is 0 Å². The summed E-state index contributed by atoms with van der Waals surface area (Å²) in [5, 5.41) is 0. The van der Waals surface area contributed by atoms with Crippen molar-refractivity contribution in [1.29, 1.82) is 0 Å². The lowest BCUT2D eigenvalue weighted by atomic mass is 9.96. The van der Waals surface area contributed by atoms with E-state index in [1.54, 1.807) is 0 Å². The van der Waals surface area contributed by atoms with Gasteiger partial charge in [-0.25, -0.2) is 0 Å². The first-order valence-corrected chi connectivity index (χ1v) is 4.78. The smallest absolute Gasteiger partial charge is 0.0526 e. The number of rotatable bonds is 1. The number of nitrogens with zero attached hydrogens (tertiary/aromatic N) is 1. The van der Waals surface area contributed by atoms with E-state index in [4.69, 9.17) is 0 Å². The van der Waals surface area contributed by atoms with Gasteiger partial charge in [0.05, 0.1) is 6.04 Å². The molecule has 3 aliphatic carbocycles. The van der Waals surface area contributed by atoms with Gasteiger partial charge in [-0.15, -0.1) is 0 Å². The van der Waals surface area contributed by atoms with Gasteiger partial charge in [-0.2, -0.15) is 0 Å². The van der Waals surface area contributed by atoms with Crippen LogP contribution in [0.5, 0.6) is 0 Å². The third kappa shape index (κ3) is 0.567. The Kier molecular flexibility index (Phi) is 0.961. The maximum atomic E-state index is 4.23. The zero-order valence-electron chi connectivity index (χ0n) is 7.03. The molecule has 11 heavy (non-hydrogen) atoms. The van der Waals surface area contributed by atoms with Crippen LogP contribution in [-0.2, 0) is 0 Å². The Hall–Kier alpha value is -0.330. The zero-order chi connectivity index (χ0) is 7.59. The molecule has 6 atom stereocenters. The fraction of sp³-hybridized carbons (Fsp3) is 0.900. The van der Waals surface area contributed by atoms with E-state index in [0.29, 0.717) is 6.04 Å². The fourth-order valence-corrected chi connectivity index (χ4v) is 3.97. The lowest BCUT2D eigenvalue weighted by Gasteiger charge is -2.15. The molecular weight excluding hydrogens is 134 g/mol. The van der Waals surface area contributed by atoms with Gasteiger partial charge in [-0.05, 0) is 49.1 Å².